The molecule has 4 heteroatoms. The molecule has 104 valence electrons. The fraction of sp³-hybridized carbons (Fsp3) is 0.188. The fourth-order valence-electron chi connectivity index (χ4n) is 2.02. The first-order valence-corrected chi connectivity index (χ1v) is 6.97. The van der Waals surface area contributed by atoms with Gasteiger partial charge in [0.25, 0.3) is 0 Å². The van der Waals surface area contributed by atoms with Crippen LogP contribution in [0.15, 0.2) is 34.8 Å². The third kappa shape index (κ3) is 2.85. The molecule has 0 radical (unpaired) electrons. The molecule has 0 saturated carbocycles. The fourth-order valence-corrected chi connectivity index (χ4v) is 2.54. The first-order chi connectivity index (χ1) is 9.40. The molecule has 0 aliphatic heterocycles. The molecule has 0 fully saturated rings. The number of aryl methyl sites for hydroxylation is 2. The van der Waals surface area contributed by atoms with Gasteiger partial charge < -0.3 is 9.84 Å². The van der Waals surface area contributed by atoms with Crippen LogP contribution >= 0.6 is 15.9 Å². The van der Waals surface area contributed by atoms with Crippen LogP contribution < -0.4 is 4.74 Å². The lowest BCUT2D eigenvalue weighted by molar-refractivity contribution is 0.0693. The molecule has 0 aliphatic carbocycles. The number of hydrogen-bond acceptors (Lipinski definition) is 2. The molecule has 0 unspecified atom stereocenters. The summed E-state index contributed by atoms with van der Waals surface area (Å²) >= 11 is 3.25. The average Bonchev–Trinajstić information content (AvgIpc) is 2.35. The molecule has 0 saturated heterocycles. The Morgan fingerprint density at radius 2 is 1.85 bits per heavy atom. The quantitative estimate of drug-likeness (QED) is 0.871. The standard InChI is InChI=1S/C16H15BrO3/c1-9-7-10(2)11(3)14(8-9)20-13-6-4-5-12(17)15(13)16(18)19/h4-8H,1-3H3,(H,18,19). The summed E-state index contributed by atoms with van der Waals surface area (Å²) in [6.45, 7) is 5.95. The molecule has 3 nitrogen and oxygen atoms in total. The van der Waals surface area contributed by atoms with Gasteiger partial charge in [0.15, 0.2) is 0 Å². The predicted octanol–water partition coefficient (Wildman–Crippen LogP) is 4.86. The maximum Gasteiger partial charge on any atom is 0.340 e. The topological polar surface area (TPSA) is 46.5 Å². The smallest absolute Gasteiger partial charge is 0.340 e. The second-order valence-electron chi connectivity index (χ2n) is 4.73. The lowest BCUT2D eigenvalue weighted by Crippen LogP contribution is -2.02. The van der Waals surface area contributed by atoms with E-state index >= 15 is 0 Å². The Kier molecular flexibility index (Phi) is 4.14. The molecule has 0 spiro atoms. The van der Waals surface area contributed by atoms with Crippen molar-refractivity contribution in [1.82, 2.24) is 0 Å². The first kappa shape index (κ1) is 14.6. The zero-order valence-electron chi connectivity index (χ0n) is 11.5. The monoisotopic (exact) mass is 334 g/mol. The summed E-state index contributed by atoms with van der Waals surface area (Å²) in [4.78, 5) is 11.3. The van der Waals surface area contributed by atoms with Crippen LogP contribution in [0.4, 0.5) is 0 Å². The van der Waals surface area contributed by atoms with Crippen molar-refractivity contribution < 1.29 is 14.6 Å². The van der Waals surface area contributed by atoms with E-state index in [4.69, 9.17) is 4.74 Å². The minimum absolute atomic E-state index is 0.131. The summed E-state index contributed by atoms with van der Waals surface area (Å²) < 4.78 is 6.34. The van der Waals surface area contributed by atoms with E-state index in [1.165, 1.54) is 0 Å². The predicted molar refractivity (Wildman–Crippen MR) is 81.8 cm³/mol. The number of rotatable bonds is 3. The van der Waals surface area contributed by atoms with Gasteiger partial charge in [-0.15, -0.1) is 0 Å². The van der Waals surface area contributed by atoms with Gasteiger partial charge in [0, 0.05) is 4.47 Å². The van der Waals surface area contributed by atoms with E-state index in [9.17, 15) is 9.90 Å². The van der Waals surface area contributed by atoms with E-state index < -0.39 is 5.97 Å². The highest BCUT2D eigenvalue weighted by atomic mass is 79.9. The van der Waals surface area contributed by atoms with Crippen LogP contribution in [-0.2, 0) is 0 Å². The van der Waals surface area contributed by atoms with E-state index in [0.717, 1.165) is 16.7 Å². The first-order valence-electron chi connectivity index (χ1n) is 6.17. The van der Waals surface area contributed by atoms with Crippen LogP contribution in [0.5, 0.6) is 11.5 Å². The van der Waals surface area contributed by atoms with E-state index in [-0.39, 0.29) is 5.56 Å². The number of aromatic carboxylic acids is 1. The Bertz CT molecular complexity index is 678. The molecule has 0 amide bonds. The number of carbonyl (C=O) groups is 1. The van der Waals surface area contributed by atoms with Crippen LogP contribution in [0.2, 0.25) is 0 Å². The molecule has 0 heterocycles. The van der Waals surface area contributed by atoms with Crippen LogP contribution in [0, 0.1) is 20.8 Å². The molecule has 2 aromatic rings. The minimum Gasteiger partial charge on any atom is -0.478 e. The van der Waals surface area contributed by atoms with Gasteiger partial charge in [0.1, 0.15) is 17.1 Å². The van der Waals surface area contributed by atoms with Gasteiger partial charge in [-0.05, 0) is 71.6 Å². The zero-order valence-corrected chi connectivity index (χ0v) is 13.1. The lowest BCUT2D eigenvalue weighted by Gasteiger charge is -2.14. The van der Waals surface area contributed by atoms with E-state index in [1.807, 2.05) is 26.8 Å². The van der Waals surface area contributed by atoms with Gasteiger partial charge in [-0.25, -0.2) is 4.79 Å². The zero-order chi connectivity index (χ0) is 14.9. The number of benzene rings is 2. The number of halogens is 1. The normalized spacial score (nSPS) is 10.4. The van der Waals surface area contributed by atoms with Gasteiger partial charge in [-0.3, -0.25) is 0 Å². The van der Waals surface area contributed by atoms with Gasteiger partial charge >= 0.3 is 5.97 Å². The molecule has 1 N–H and O–H groups in total. The van der Waals surface area contributed by atoms with Crippen molar-refractivity contribution in [1.29, 1.82) is 0 Å². The van der Waals surface area contributed by atoms with Gasteiger partial charge in [0.2, 0.25) is 0 Å². The second-order valence-corrected chi connectivity index (χ2v) is 5.58. The summed E-state index contributed by atoms with van der Waals surface area (Å²) in [5.41, 5.74) is 3.33. The van der Waals surface area contributed by atoms with Crippen LogP contribution in [0.1, 0.15) is 27.0 Å². The van der Waals surface area contributed by atoms with Crippen molar-refractivity contribution in [2.45, 2.75) is 20.8 Å². The Morgan fingerprint density at radius 3 is 2.50 bits per heavy atom. The maximum atomic E-state index is 11.3. The van der Waals surface area contributed by atoms with E-state index in [2.05, 4.69) is 22.0 Å². The van der Waals surface area contributed by atoms with Crippen LogP contribution in [-0.4, -0.2) is 11.1 Å². The van der Waals surface area contributed by atoms with Crippen molar-refractivity contribution in [2.75, 3.05) is 0 Å². The van der Waals surface area contributed by atoms with E-state index in [0.29, 0.717) is 16.0 Å². The molecule has 0 bridgehead atoms. The number of ether oxygens (including phenoxy) is 1. The molecule has 20 heavy (non-hydrogen) atoms. The Hall–Kier alpha value is -1.81. The Labute approximate surface area is 126 Å². The third-order valence-corrected chi connectivity index (χ3v) is 3.83. The summed E-state index contributed by atoms with van der Waals surface area (Å²) in [5.74, 6) is -0.00224. The van der Waals surface area contributed by atoms with Gasteiger partial charge in [-0.1, -0.05) is 12.1 Å². The number of carboxylic acid groups (broad SMARTS) is 1. The molecular weight excluding hydrogens is 320 g/mol. The third-order valence-electron chi connectivity index (χ3n) is 3.17. The van der Waals surface area contributed by atoms with Crippen LogP contribution in [0.25, 0.3) is 0 Å². The van der Waals surface area contributed by atoms with Crippen molar-refractivity contribution in [3.63, 3.8) is 0 Å². The summed E-state index contributed by atoms with van der Waals surface area (Å²) in [6.07, 6.45) is 0. The summed E-state index contributed by atoms with van der Waals surface area (Å²) in [6, 6.07) is 9.08. The second kappa shape index (κ2) is 5.67. The summed E-state index contributed by atoms with van der Waals surface area (Å²) in [5, 5.41) is 9.29. The van der Waals surface area contributed by atoms with Crippen LogP contribution in [0.3, 0.4) is 0 Å². The van der Waals surface area contributed by atoms with Crippen molar-refractivity contribution >= 4 is 21.9 Å². The minimum atomic E-state index is -1.02. The molecule has 0 aliphatic rings. The highest BCUT2D eigenvalue weighted by Crippen LogP contribution is 2.33. The number of carboxylic acids is 1. The lowest BCUT2D eigenvalue weighted by atomic mass is 10.1. The van der Waals surface area contributed by atoms with Crippen molar-refractivity contribution in [3.8, 4) is 11.5 Å². The largest absolute Gasteiger partial charge is 0.478 e. The van der Waals surface area contributed by atoms with Crippen molar-refractivity contribution in [2.24, 2.45) is 0 Å². The molecule has 0 atom stereocenters. The van der Waals surface area contributed by atoms with E-state index in [1.54, 1.807) is 18.2 Å². The molecular formula is C16H15BrO3. The molecule has 2 aromatic carbocycles. The Balaban J connectivity index is 2.51. The highest BCUT2D eigenvalue weighted by Gasteiger charge is 2.16. The van der Waals surface area contributed by atoms with Gasteiger partial charge in [0.05, 0.1) is 0 Å². The van der Waals surface area contributed by atoms with Crippen molar-refractivity contribution in [3.05, 3.63) is 57.1 Å². The summed E-state index contributed by atoms with van der Waals surface area (Å²) in [7, 11) is 0. The SMILES string of the molecule is Cc1cc(C)c(C)c(Oc2cccc(Br)c2C(=O)O)c1. The van der Waals surface area contributed by atoms with Gasteiger partial charge in [-0.2, -0.15) is 0 Å². The molecule has 2 rings (SSSR count). The highest BCUT2D eigenvalue weighted by molar-refractivity contribution is 9.10. The maximum absolute atomic E-state index is 11.3. The average molecular weight is 335 g/mol. The Morgan fingerprint density at radius 1 is 1.15 bits per heavy atom. The number of hydrogen-bond donors (Lipinski definition) is 1. The molecule has 0 aromatic heterocycles.